The standard InChI is InChI=1S/C20H21N3O3S/c24-17-16(20(26)22-15-8-11-27-18(15)17)19(25)21-14-6-9-23(10-7-14)12-13-4-2-1-3-5-13/h1-5,8,11,14H,6-7,9-10,12H2,(H,21,25)(H2,22,24,26). The van der Waals surface area contributed by atoms with Crippen LogP contribution in [0.1, 0.15) is 28.8 Å². The molecule has 0 bridgehead atoms. The van der Waals surface area contributed by atoms with Crippen LogP contribution in [0.5, 0.6) is 5.75 Å². The van der Waals surface area contributed by atoms with Gasteiger partial charge in [0.15, 0.2) is 5.75 Å². The summed E-state index contributed by atoms with van der Waals surface area (Å²) >= 11 is 1.29. The summed E-state index contributed by atoms with van der Waals surface area (Å²) < 4.78 is 0.525. The lowest BCUT2D eigenvalue weighted by Gasteiger charge is -2.32. The van der Waals surface area contributed by atoms with E-state index in [0.29, 0.717) is 10.2 Å². The molecule has 1 amide bonds. The number of carbonyl (C=O) groups is 1. The van der Waals surface area contributed by atoms with Crippen LogP contribution in [0, 0.1) is 0 Å². The van der Waals surface area contributed by atoms with Gasteiger partial charge in [0.25, 0.3) is 11.5 Å². The van der Waals surface area contributed by atoms with Crippen molar-refractivity contribution in [1.82, 2.24) is 15.2 Å². The molecule has 1 aliphatic heterocycles. The number of amides is 1. The van der Waals surface area contributed by atoms with E-state index in [1.165, 1.54) is 16.9 Å². The van der Waals surface area contributed by atoms with E-state index in [1.807, 2.05) is 18.2 Å². The molecule has 3 aromatic rings. The Morgan fingerprint density at radius 3 is 2.70 bits per heavy atom. The van der Waals surface area contributed by atoms with Gasteiger partial charge in [-0.05, 0) is 29.9 Å². The molecule has 0 radical (unpaired) electrons. The van der Waals surface area contributed by atoms with Crippen molar-refractivity contribution in [2.45, 2.75) is 25.4 Å². The molecule has 2 aromatic heterocycles. The van der Waals surface area contributed by atoms with E-state index in [1.54, 1.807) is 11.4 Å². The number of aromatic nitrogens is 1. The van der Waals surface area contributed by atoms with Gasteiger partial charge in [-0.1, -0.05) is 30.3 Å². The topological polar surface area (TPSA) is 85.4 Å². The van der Waals surface area contributed by atoms with Crippen LogP contribution in [0.25, 0.3) is 10.2 Å². The molecule has 7 heteroatoms. The minimum Gasteiger partial charge on any atom is -0.505 e. The molecule has 0 saturated carbocycles. The Bertz CT molecular complexity index is 1000. The van der Waals surface area contributed by atoms with Crippen LogP contribution in [-0.2, 0) is 6.54 Å². The molecule has 1 fully saturated rings. The summed E-state index contributed by atoms with van der Waals surface area (Å²) in [6, 6.07) is 12.0. The minimum absolute atomic E-state index is 0.00218. The van der Waals surface area contributed by atoms with Gasteiger partial charge < -0.3 is 15.4 Å². The number of aromatic amines is 1. The summed E-state index contributed by atoms with van der Waals surface area (Å²) in [4.78, 5) is 29.8. The molecule has 27 heavy (non-hydrogen) atoms. The molecule has 0 aliphatic carbocycles. The highest BCUT2D eigenvalue weighted by atomic mass is 32.1. The number of rotatable bonds is 4. The predicted octanol–water partition coefficient (Wildman–Crippen LogP) is 2.69. The van der Waals surface area contributed by atoms with Gasteiger partial charge in [0.05, 0.1) is 10.2 Å². The van der Waals surface area contributed by atoms with Crippen LogP contribution >= 0.6 is 11.3 Å². The lowest BCUT2D eigenvalue weighted by atomic mass is 10.0. The number of pyridine rings is 1. The third kappa shape index (κ3) is 3.74. The smallest absolute Gasteiger partial charge is 0.265 e. The number of hydrogen-bond acceptors (Lipinski definition) is 5. The highest BCUT2D eigenvalue weighted by molar-refractivity contribution is 7.17. The number of piperidine rings is 1. The van der Waals surface area contributed by atoms with Crippen molar-refractivity contribution in [2.24, 2.45) is 0 Å². The Hall–Kier alpha value is -2.64. The lowest BCUT2D eigenvalue weighted by molar-refractivity contribution is 0.0905. The average Bonchev–Trinajstić information content (AvgIpc) is 3.13. The second-order valence-electron chi connectivity index (χ2n) is 6.85. The van der Waals surface area contributed by atoms with Crippen molar-refractivity contribution in [3.05, 3.63) is 63.3 Å². The van der Waals surface area contributed by atoms with Crippen molar-refractivity contribution in [2.75, 3.05) is 13.1 Å². The molecule has 0 spiro atoms. The van der Waals surface area contributed by atoms with Gasteiger partial charge in [-0.25, -0.2) is 0 Å². The lowest BCUT2D eigenvalue weighted by Crippen LogP contribution is -2.45. The fraction of sp³-hybridized carbons (Fsp3) is 0.300. The van der Waals surface area contributed by atoms with Crippen LogP contribution < -0.4 is 10.9 Å². The average molecular weight is 383 g/mol. The van der Waals surface area contributed by atoms with Gasteiger partial charge in [-0.2, -0.15) is 0 Å². The largest absolute Gasteiger partial charge is 0.505 e. The van der Waals surface area contributed by atoms with Crippen molar-refractivity contribution in [3.63, 3.8) is 0 Å². The van der Waals surface area contributed by atoms with E-state index in [9.17, 15) is 14.7 Å². The van der Waals surface area contributed by atoms with E-state index < -0.39 is 11.5 Å². The number of fused-ring (bicyclic) bond motifs is 1. The predicted molar refractivity (Wildman–Crippen MR) is 106 cm³/mol. The van der Waals surface area contributed by atoms with Crippen LogP contribution in [0.2, 0.25) is 0 Å². The number of benzene rings is 1. The Labute approximate surface area is 160 Å². The first kappa shape index (κ1) is 17.8. The van der Waals surface area contributed by atoms with Crippen LogP contribution in [0.15, 0.2) is 46.6 Å². The molecular formula is C20H21N3O3S. The molecule has 140 valence electrons. The molecule has 0 atom stereocenters. The van der Waals surface area contributed by atoms with Crippen LogP contribution in [0.3, 0.4) is 0 Å². The minimum atomic E-state index is -0.558. The van der Waals surface area contributed by atoms with Crippen molar-refractivity contribution >= 4 is 27.5 Å². The van der Waals surface area contributed by atoms with E-state index in [0.717, 1.165) is 32.5 Å². The van der Waals surface area contributed by atoms with E-state index in [4.69, 9.17) is 0 Å². The number of hydrogen-bond donors (Lipinski definition) is 3. The summed E-state index contributed by atoms with van der Waals surface area (Å²) in [5.41, 5.74) is 1.07. The quantitative estimate of drug-likeness (QED) is 0.647. The van der Waals surface area contributed by atoms with Gasteiger partial charge in [-0.15, -0.1) is 11.3 Å². The number of likely N-dealkylation sites (tertiary alicyclic amines) is 1. The van der Waals surface area contributed by atoms with E-state index >= 15 is 0 Å². The fourth-order valence-corrected chi connectivity index (χ4v) is 4.34. The zero-order valence-electron chi connectivity index (χ0n) is 14.8. The van der Waals surface area contributed by atoms with Gasteiger partial charge in [0, 0.05) is 25.7 Å². The number of carbonyl (C=O) groups excluding carboxylic acids is 1. The Morgan fingerprint density at radius 2 is 1.96 bits per heavy atom. The first-order valence-corrected chi connectivity index (χ1v) is 9.89. The number of H-pyrrole nitrogens is 1. The molecule has 0 unspecified atom stereocenters. The van der Waals surface area contributed by atoms with Gasteiger partial charge >= 0.3 is 0 Å². The SMILES string of the molecule is O=C(NC1CCN(Cc2ccccc2)CC1)c1c(O)c2sccc2[nH]c1=O. The van der Waals surface area contributed by atoms with E-state index in [2.05, 4.69) is 27.3 Å². The van der Waals surface area contributed by atoms with Gasteiger partial charge in [-0.3, -0.25) is 14.5 Å². The molecule has 4 rings (SSSR count). The zero-order chi connectivity index (χ0) is 18.8. The first-order chi connectivity index (χ1) is 13.1. The van der Waals surface area contributed by atoms with E-state index in [-0.39, 0.29) is 17.4 Å². The summed E-state index contributed by atoms with van der Waals surface area (Å²) in [6.45, 7) is 2.66. The first-order valence-electron chi connectivity index (χ1n) is 9.01. The second-order valence-corrected chi connectivity index (χ2v) is 7.77. The summed E-state index contributed by atoms with van der Waals surface area (Å²) in [5, 5.41) is 15.0. The maximum absolute atomic E-state index is 12.6. The molecule has 1 aliphatic rings. The Balaban J connectivity index is 1.39. The normalized spacial score (nSPS) is 15.9. The molecule has 3 heterocycles. The molecule has 1 aromatic carbocycles. The van der Waals surface area contributed by atoms with Gasteiger partial charge in [0.2, 0.25) is 0 Å². The number of nitrogens with one attached hydrogen (secondary N) is 2. The highest BCUT2D eigenvalue weighted by Gasteiger charge is 2.25. The van der Waals surface area contributed by atoms with Crippen molar-refractivity contribution in [3.8, 4) is 5.75 Å². The Morgan fingerprint density at radius 1 is 1.22 bits per heavy atom. The highest BCUT2D eigenvalue weighted by Crippen LogP contribution is 2.29. The van der Waals surface area contributed by atoms with Gasteiger partial charge in [0.1, 0.15) is 5.56 Å². The number of nitrogens with zero attached hydrogens (tertiary/aromatic N) is 1. The van der Waals surface area contributed by atoms with Crippen LogP contribution in [-0.4, -0.2) is 40.0 Å². The molecule has 6 nitrogen and oxygen atoms in total. The monoisotopic (exact) mass is 383 g/mol. The number of thiophene rings is 1. The zero-order valence-corrected chi connectivity index (χ0v) is 15.6. The molecular weight excluding hydrogens is 362 g/mol. The number of aromatic hydroxyl groups is 1. The third-order valence-corrected chi connectivity index (χ3v) is 5.91. The Kier molecular flexibility index (Phi) is 4.96. The summed E-state index contributed by atoms with van der Waals surface area (Å²) in [6.07, 6.45) is 1.64. The second kappa shape index (κ2) is 7.54. The maximum Gasteiger partial charge on any atom is 0.265 e. The third-order valence-electron chi connectivity index (χ3n) is 4.99. The maximum atomic E-state index is 12.6. The molecule has 3 N–H and O–H groups in total. The molecule has 1 saturated heterocycles. The summed E-state index contributed by atoms with van der Waals surface area (Å²) in [7, 11) is 0. The van der Waals surface area contributed by atoms with Crippen molar-refractivity contribution in [1.29, 1.82) is 0 Å². The fourth-order valence-electron chi connectivity index (χ4n) is 3.54. The summed E-state index contributed by atoms with van der Waals surface area (Å²) in [5.74, 6) is -0.742. The van der Waals surface area contributed by atoms with Crippen molar-refractivity contribution < 1.29 is 9.90 Å². The van der Waals surface area contributed by atoms with Crippen LogP contribution in [0.4, 0.5) is 0 Å².